The second kappa shape index (κ2) is 49.3. The van der Waals surface area contributed by atoms with Crippen molar-refractivity contribution < 1.29 is 37.6 Å². The molecule has 0 saturated heterocycles. The number of carbonyl (C=O) groups is 2. The summed E-state index contributed by atoms with van der Waals surface area (Å²) in [6, 6.07) is 0. The van der Waals surface area contributed by atoms with E-state index in [9.17, 15) is 19.0 Å². The van der Waals surface area contributed by atoms with Gasteiger partial charge >= 0.3 is 19.8 Å². The molecule has 2 unspecified atom stereocenters. The molecule has 364 valence electrons. The first-order chi connectivity index (χ1) is 31.8. The molecule has 0 spiro atoms. The normalized spacial score (nSPS) is 14.5. The average molecular weight is 920 g/mol. The minimum Gasteiger partial charge on any atom is -0.462 e. The summed E-state index contributed by atoms with van der Waals surface area (Å²) in [6.45, 7) is 3.38. The van der Waals surface area contributed by atoms with E-state index in [0.29, 0.717) is 19.3 Å². The Morgan fingerprint density at radius 2 is 0.815 bits per heavy atom. The Bertz CT molecular complexity index is 1560. The van der Waals surface area contributed by atoms with E-state index in [2.05, 4.69) is 154 Å². The van der Waals surface area contributed by atoms with Crippen LogP contribution in [-0.4, -0.2) is 49.3 Å². The molecule has 0 heterocycles. The Kier molecular flexibility index (Phi) is 46.2. The SMILES string of the molecule is CC/C=C\C/C=C\C/C=C\C/C=C\C/C=C\C/C=C\C/C=C\C/C=C\C/C=C\CCCC(=O)OC(COC(=O)CCCCCCC/C=C\C/C=C\C/C=C\CC)COP(=O)(O)OCCN. The van der Waals surface area contributed by atoms with Gasteiger partial charge in [-0.15, -0.1) is 0 Å². The number of nitrogens with two attached hydrogens (primary N) is 1. The molecule has 0 rings (SSSR count). The Labute approximate surface area is 395 Å². The molecular weight excluding hydrogens is 834 g/mol. The van der Waals surface area contributed by atoms with Crippen LogP contribution in [-0.2, 0) is 32.7 Å². The molecule has 10 heteroatoms. The minimum atomic E-state index is -4.41. The summed E-state index contributed by atoms with van der Waals surface area (Å²) in [5.41, 5.74) is 5.35. The molecule has 9 nitrogen and oxygen atoms in total. The van der Waals surface area contributed by atoms with Crippen LogP contribution in [0.4, 0.5) is 0 Å². The predicted molar refractivity (Wildman–Crippen MR) is 274 cm³/mol. The molecule has 0 bridgehead atoms. The van der Waals surface area contributed by atoms with E-state index in [1.54, 1.807) is 0 Å². The highest BCUT2D eigenvalue weighted by Crippen LogP contribution is 2.43. The zero-order valence-electron chi connectivity index (χ0n) is 40.1. The van der Waals surface area contributed by atoms with E-state index in [1.165, 1.54) is 0 Å². The summed E-state index contributed by atoms with van der Waals surface area (Å²) in [5.74, 6) is -0.935. The van der Waals surface area contributed by atoms with Crippen molar-refractivity contribution in [2.75, 3.05) is 26.4 Å². The van der Waals surface area contributed by atoms with Gasteiger partial charge in [-0.05, 0) is 109 Å². The monoisotopic (exact) mass is 920 g/mol. The van der Waals surface area contributed by atoms with Crippen LogP contribution in [0.15, 0.2) is 146 Å². The van der Waals surface area contributed by atoms with E-state index >= 15 is 0 Å². The summed E-state index contributed by atoms with van der Waals surface area (Å²) in [6.07, 6.45) is 70.4. The number of phosphoric acid groups is 1. The molecule has 0 aliphatic carbocycles. The van der Waals surface area contributed by atoms with Crippen molar-refractivity contribution in [3.8, 4) is 0 Å². The van der Waals surface area contributed by atoms with Gasteiger partial charge in [0.15, 0.2) is 6.10 Å². The van der Waals surface area contributed by atoms with E-state index in [0.717, 1.165) is 109 Å². The lowest BCUT2D eigenvalue weighted by Crippen LogP contribution is -2.29. The molecule has 3 N–H and O–H groups in total. The molecule has 0 saturated carbocycles. The highest BCUT2D eigenvalue weighted by Gasteiger charge is 2.25. The van der Waals surface area contributed by atoms with Crippen molar-refractivity contribution in [1.29, 1.82) is 0 Å². The van der Waals surface area contributed by atoms with E-state index in [4.69, 9.17) is 24.3 Å². The Balaban J connectivity index is 4.25. The predicted octanol–water partition coefficient (Wildman–Crippen LogP) is 14.8. The summed E-state index contributed by atoms with van der Waals surface area (Å²) in [7, 11) is -4.41. The van der Waals surface area contributed by atoms with Crippen molar-refractivity contribution in [2.24, 2.45) is 5.73 Å². The number of hydrogen-bond donors (Lipinski definition) is 2. The Hall–Kier alpha value is -4.11. The second-order valence-corrected chi connectivity index (χ2v) is 16.7. The lowest BCUT2D eigenvalue weighted by Gasteiger charge is -2.19. The molecule has 0 aromatic rings. The van der Waals surface area contributed by atoms with Gasteiger partial charge in [-0.1, -0.05) is 179 Å². The van der Waals surface area contributed by atoms with Gasteiger partial charge in [-0.25, -0.2) is 4.57 Å². The molecule has 0 amide bonds. The van der Waals surface area contributed by atoms with Gasteiger partial charge in [0.25, 0.3) is 0 Å². The largest absolute Gasteiger partial charge is 0.472 e. The zero-order valence-corrected chi connectivity index (χ0v) is 41.0. The van der Waals surface area contributed by atoms with Crippen molar-refractivity contribution in [2.45, 2.75) is 161 Å². The molecule has 0 aliphatic heterocycles. The van der Waals surface area contributed by atoms with E-state index in [1.807, 2.05) is 6.08 Å². The molecule has 65 heavy (non-hydrogen) atoms. The van der Waals surface area contributed by atoms with Crippen LogP contribution in [0.25, 0.3) is 0 Å². The zero-order chi connectivity index (χ0) is 47.4. The standard InChI is InChI=1S/C55H86NO8P/c1-3-5-7-9-11-13-15-17-19-20-21-22-23-24-25-26-27-28-29-30-31-32-34-36-38-40-42-44-46-48-55(58)64-53(52-63-65(59,60)62-50-49-56)51-61-54(57)47-45-43-41-39-37-35-33-18-16-14-12-10-8-6-4-2/h5-8,11-14,17-19,21-22,24-25,27-28,30-31,33-34,36,40,42,53H,3-4,9-10,15-16,20,23,26,29,32,35,37-39,41,43-52,56H2,1-2H3,(H,59,60)/b7-5-,8-6-,13-11-,14-12-,19-17-,22-21-,25-24-,28-27-,31-30-,33-18-,36-34-,42-40-. The third-order valence-corrected chi connectivity index (χ3v) is 10.2. The third kappa shape index (κ3) is 49.2. The third-order valence-electron chi connectivity index (χ3n) is 9.22. The number of hydrogen-bond acceptors (Lipinski definition) is 8. The van der Waals surface area contributed by atoms with Gasteiger partial charge in [0, 0.05) is 19.4 Å². The van der Waals surface area contributed by atoms with Gasteiger partial charge in [0.05, 0.1) is 13.2 Å². The summed E-state index contributed by atoms with van der Waals surface area (Å²) < 4.78 is 32.8. The van der Waals surface area contributed by atoms with Crippen LogP contribution in [0.1, 0.15) is 155 Å². The van der Waals surface area contributed by atoms with Crippen LogP contribution in [0.3, 0.4) is 0 Å². The van der Waals surface area contributed by atoms with Gasteiger partial charge in [-0.2, -0.15) is 0 Å². The molecule has 0 radical (unpaired) electrons. The van der Waals surface area contributed by atoms with Crippen LogP contribution in [0.5, 0.6) is 0 Å². The van der Waals surface area contributed by atoms with Crippen molar-refractivity contribution >= 4 is 19.8 Å². The van der Waals surface area contributed by atoms with E-state index in [-0.39, 0.29) is 32.6 Å². The number of allylic oxidation sites excluding steroid dienone is 24. The first-order valence-corrected chi connectivity index (χ1v) is 25.8. The smallest absolute Gasteiger partial charge is 0.462 e. The molecule has 0 fully saturated rings. The van der Waals surface area contributed by atoms with Gasteiger partial charge in [0.2, 0.25) is 0 Å². The Morgan fingerprint density at radius 1 is 0.462 bits per heavy atom. The quantitative estimate of drug-likeness (QED) is 0.0265. The maximum Gasteiger partial charge on any atom is 0.472 e. The average Bonchev–Trinajstić information content (AvgIpc) is 3.30. The van der Waals surface area contributed by atoms with Crippen LogP contribution in [0.2, 0.25) is 0 Å². The molecule has 0 aromatic heterocycles. The molecule has 0 aromatic carbocycles. The van der Waals surface area contributed by atoms with Crippen molar-refractivity contribution in [1.82, 2.24) is 0 Å². The summed E-state index contributed by atoms with van der Waals surface area (Å²) >= 11 is 0. The second-order valence-electron chi connectivity index (χ2n) is 15.2. The van der Waals surface area contributed by atoms with Crippen molar-refractivity contribution in [3.05, 3.63) is 146 Å². The Morgan fingerprint density at radius 3 is 1.23 bits per heavy atom. The lowest BCUT2D eigenvalue weighted by atomic mass is 10.1. The fraction of sp³-hybridized carbons (Fsp3) is 0.527. The number of carbonyl (C=O) groups excluding carboxylic acids is 2. The van der Waals surface area contributed by atoms with Gasteiger partial charge < -0.3 is 20.1 Å². The number of unbranched alkanes of at least 4 members (excludes halogenated alkanes) is 6. The van der Waals surface area contributed by atoms with E-state index < -0.39 is 32.5 Å². The first-order valence-electron chi connectivity index (χ1n) is 24.3. The number of phosphoric ester groups is 1. The van der Waals surface area contributed by atoms with Gasteiger partial charge in [-0.3, -0.25) is 18.6 Å². The number of rotatable bonds is 43. The van der Waals surface area contributed by atoms with Gasteiger partial charge in [0.1, 0.15) is 6.61 Å². The molecular formula is C55H86NO8P. The summed E-state index contributed by atoms with van der Waals surface area (Å²) in [4.78, 5) is 34.9. The highest BCUT2D eigenvalue weighted by molar-refractivity contribution is 7.47. The number of ether oxygens (including phenoxy) is 2. The maximum atomic E-state index is 12.6. The first kappa shape index (κ1) is 60.9. The summed E-state index contributed by atoms with van der Waals surface area (Å²) in [5, 5.41) is 0. The number of esters is 2. The lowest BCUT2D eigenvalue weighted by molar-refractivity contribution is -0.161. The minimum absolute atomic E-state index is 0.0326. The van der Waals surface area contributed by atoms with Crippen LogP contribution < -0.4 is 5.73 Å². The fourth-order valence-corrected chi connectivity index (χ4v) is 6.47. The van der Waals surface area contributed by atoms with Crippen molar-refractivity contribution in [3.63, 3.8) is 0 Å². The maximum absolute atomic E-state index is 12.6. The molecule has 2 atom stereocenters. The highest BCUT2D eigenvalue weighted by atomic mass is 31.2. The topological polar surface area (TPSA) is 134 Å². The van der Waals surface area contributed by atoms with Crippen LogP contribution >= 0.6 is 7.82 Å². The fourth-order valence-electron chi connectivity index (χ4n) is 5.71. The van der Waals surface area contributed by atoms with Crippen LogP contribution in [0, 0.1) is 0 Å². The molecule has 0 aliphatic rings.